The van der Waals surface area contributed by atoms with Gasteiger partial charge in [0.05, 0.1) is 5.69 Å². The molecule has 0 saturated carbocycles. The minimum Gasteiger partial charge on any atom is -0.356 e. The molecule has 3 heteroatoms. The van der Waals surface area contributed by atoms with Gasteiger partial charge < -0.3 is 9.88 Å². The first-order chi connectivity index (χ1) is 9.27. The number of nitrogens with zero attached hydrogens (tertiary/aromatic N) is 2. The third-order valence-electron chi connectivity index (χ3n) is 3.48. The second kappa shape index (κ2) is 9.88. The fourth-order valence-electron chi connectivity index (χ4n) is 2.43. The predicted octanol–water partition coefficient (Wildman–Crippen LogP) is 4.76. The zero-order valence-corrected chi connectivity index (χ0v) is 13.0. The summed E-state index contributed by atoms with van der Waals surface area (Å²) >= 11 is 0. The Morgan fingerprint density at radius 1 is 1.00 bits per heavy atom. The topological polar surface area (TPSA) is 29.9 Å². The minimum atomic E-state index is 0.938. The lowest BCUT2D eigenvalue weighted by Crippen LogP contribution is -2.06. The van der Waals surface area contributed by atoms with Crippen LogP contribution in [-0.2, 0) is 6.54 Å². The fraction of sp³-hybridized carbons (Fsp3) is 0.812. The van der Waals surface area contributed by atoms with Crippen LogP contribution >= 0.6 is 0 Å². The van der Waals surface area contributed by atoms with Crippen molar-refractivity contribution in [1.82, 2.24) is 9.55 Å². The summed E-state index contributed by atoms with van der Waals surface area (Å²) in [5, 5.41) is 3.32. The molecule has 0 aliphatic heterocycles. The summed E-state index contributed by atoms with van der Waals surface area (Å²) in [5.74, 6) is 1.03. The molecular weight excluding hydrogens is 234 g/mol. The van der Waals surface area contributed by atoms with E-state index >= 15 is 0 Å². The van der Waals surface area contributed by atoms with Crippen molar-refractivity contribution in [3.05, 3.63) is 11.9 Å². The van der Waals surface area contributed by atoms with Crippen molar-refractivity contribution in [2.45, 2.75) is 78.7 Å². The summed E-state index contributed by atoms with van der Waals surface area (Å²) in [6.45, 7) is 8.48. The van der Waals surface area contributed by atoms with Gasteiger partial charge in [-0.05, 0) is 20.3 Å². The Bertz CT molecular complexity index is 331. The minimum absolute atomic E-state index is 0.938. The first-order valence-corrected chi connectivity index (χ1v) is 8.05. The van der Waals surface area contributed by atoms with Crippen LogP contribution in [0.4, 0.5) is 5.95 Å². The molecule has 3 nitrogen and oxygen atoms in total. The molecule has 1 heterocycles. The molecule has 1 rings (SSSR count). The number of anilines is 1. The van der Waals surface area contributed by atoms with Crippen LogP contribution in [0.2, 0.25) is 0 Å². The monoisotopic (exact) mass is 265 g/mol. The lowest BCUT2D eigenvalue weighted by molar-refractivity contribution is 0.545. The summed E-state index contributed by atoms with van der Waals surface area (Å²) in [7, 11) is 0. The summed E-state index contributed by atoms with van der Waals surface area (Å²) in [6.07, 6.45) is 13.1. The Morgan fingerprint density at radius 3 is 2.26 bits per heavy atom. The number of hydrogen-bond donors (Lipinski definition) is 1. The maximum Gasteiger partial charge on any atom is 0.203 e. The lowest BCUT2D eigenvalue weighted by Gasteiger charge is -2.08. The van der Waals surface area contributed by atoms with Gasteiger partial charge in [0.15, 0.2) is 0 Å². The lowest BCUT2D eigenvalue weighted by atomic mass is 10.1. The van der Waals surface area contributed by atoms with E-state index in [1.165, 1.54) is 51.4 Å². The van der Waals surface area contributed by atoms with Gasteiger partial charge in [-0.1, -0.05) is 51.9 Å². The molecule has 0 amide bonds. The van der Waals surface area contributed by atoms with Crippen LogP contribution in [0.15, 0.2) is 6.20 Å². The summed E-state index contributed by atoms with van der Waals surface area (Å²) < 4.78 is 2.26. The van der Waals surface area contributed by atoms with E-state index in [0.717, 1.165) is 24.7 Å². The summed E-state index contributed by atoms with van der Waals surface area (Å²) in [4.78, 5) is 4.50. The Labute approximate surface area is 118 Å². The summed E-state index contributed by atoms with van der Waals surface area (Å²) in [6, 6.07) is 0. The highest BCUT2D eigenvalue weighted by Gasteiger charge is 2.03. The van der Waals surface area contributed by atoms with E-state index in [2.05, 4.69) is 41.8 Å². The maximum atomic E-state index is 4.50. The Hall–Kier alpha value is -0.990. The number of nitrogens with one attached hydrogen (secondary N) is 1. The van der Waals surface area contributed by atoms with Crippen molar-refractivity contribution < 1.29 is 0 Å². The second-order valence-corrected chi connectivity index (χ2v) is 5.40. The molecule has 0 unspecified atom stereocenters. The van der Waals surface area contributed by atoms with E-state index in [4.69, 9.17) is 0 Å². The zero-order valence-electron chi connectivity index (χ0n) is 13.0. The van der Waals surface area contributed by atoms with Gasteiger partial charge in [0.1, 0.15) is 0 Å². The Morgan fingerprint density at radius 2 is 1.63 bits per heavy atom. The van der Waals surface area contributed by atoms with Crippen molar-refractivity contribution in [3.63, 3.8) is 0 Å². The number of imidazole rings is 1. The number of hydrogen-bond acceptors (Lipinski definition) is 2. The van der Waals surface area contributed by atoms with E-state index in [-0.39, 0.29) is 0 Å². The Kier molecular flexibility index (Phi) is 8.35. The molecule has 0 aliphatic carbocycles. The van der Waals surface area contributed by atoms with Crippen LogP contribution in [0.3, 0.4) is 0 Å². The van der Waals surface area contributed by atoms with E-state index in [1.807, 2.05) is 0 Å². The molecule has 19 heavy (non-hydrogen) atoms. The zero-order chi connectivity index (χ0) is 13.9. The van der Waals surface area contributed by atoms with Gasteiger partial charge in [-0.2, -0.15) is 0 Å². The van der Waals surface area contributed by atoms with Crippen molar-refractivity contribution in [2.75, 3.05) is 11.9 Å². The fourth-order valence-corrected chi connectivity index (χ4v) is 2.43. The predicted molar refractivity (Wildman–Crippen MR) is 83.7 cm³/mol. The molecule has 1 aromatic heterocycles. The molecule has 110 valence electrons. The third-order valence-corrected chi connectivity index (χ3v) is 3.48. The second-order valence-electron chi connectivity index (χ2n) is 5.40. The normalized spacial score (nSPS) is 10.9. The third kappa shape index (κ3) is 6.65. The smallest absolute Gasteiger partial charge is 0.203 e. The van der Waals surface area contributed by atoms with Crippen LogP contribution in [0, 0.1) is 6.92 Å². The molecule has 0 bridgehead atoms. The molecule has 0 saturated heterocycles. The van der Waals surface area contributed by atoms with E-state index in [0.29, 0.717) is 0 Å². The van der Waals surface area contributed by atoms with Gasteiger partial charge in [-0.3, -0.25) is 0 Å². The average Bonchev–Trinajstić information content (AvgIpc) is 2.73. The first kappa shape index (κ1) is 16.1. The van der Waals surface area contributed by atoms with E-state index < -0.39 is 0 Å². The van der Waals surface area contributed by atoms with Crippen LogP contribution in [-0.4, -0.2) is 16.1 Å². The van der Waals surface area contributed by atoms with Crippen LogP contribution in [0.25, 0.3) is 0 Å². The van der Waals surface area contributed by atoms with Gasteiger partial charge >= 0.3 is 0 Å². The van der Waals surface area contributed by atoms with Gasteiger partial charge in [-0.25, -0.2) is 4.98 Å². The van der Waals surface area contributed by atoms with Gasteiger partial charge in [0.25, 0.3) is 0 Å². The number of aromatic nitrogens is 2. The molecule has 0 aromatic carbocycles. The molecule has 0 fully saturated rings. The standard InChI is InChI=1S/C16H31N3/c1-4-6-7-8-9-10-11-12-13-19-14-15(3)18-16(19)17-5-2/h14H,4-13H2,1-3H3,(H,17,18). The Balaban J connectivity index is 2.11. The van der Waals surface area contributed by atoms with Crippen molar-refractivity contribution in [3.8, 4) is 0 Å². The molecule has 0 radical (unpaired) electrons. The molecule has 1 aromatic rings. The van der Waals surface area contributed by atoms with Crippen LogP contribution in [0.1, 0.15) is 70.9 Å². The molecule has 0 aliphatic rings. The SMILES string of the molecule is CCCCCCCCCCn1cc(C)nc1NCC. The number of aryl methyl sites for hydroxylation is 2. The van der Waals surface area contributed by atoms with E-state index in [1.54, 1.807) is 0 Å². The number of unbranched alkanes of at least 4 members (excludes halogenated alkanes) is 7. The molecule has 0 spiro atoms. The van der Waals surface area contributed by atoms with Crippen molar-refractivity contribution in [1.29, 1.82) is 0 Å². The maximum absolute atomic E-state index is 4.50. The number of rotatable bonds is 11. The molecule has 1 N–H and O–H groups in total. The quantitative estimate of drug-likeness (QED) is 0.584. The molecular formula is C16H31N3. The van der Waals surface area contributed by atoms with Crippen LogP contribution < -0.4 is 5.32 Å². The van der Waals surface area contributed by atoms with Gasteiger partial charge in [-0.15, -0.1) is 0 Å². The van der Waals surface area contributed by atoms with Gasteiger partial charge in [0.2, 0.25) is 5.95 Å². The van der Waals surface area contributed by atoms with Crippen molar-refractivity contribution in [2.24, 2.45) is 0 Å². The average molecular weight is 265 g/mol. The first-order valence-electron chi connectivity index (χ1n) is 8.05. The highest BCUT2D eigenvalue weighted by atomic mass is 15.2. The van der Waals surface area contributed by atoms with Crippen LogP contribution in [0.5, 0.6) is 0 Å². The largest absolute Gasteiger partial charge is 0.356 e. The van der Waals surface area contributed by atoms with E-state index in [9.17, 15) is 0 Å². The van der Waals surface area contributed by atoms with Gasteiger partial charge in [0, 0.05) is 19.3 Å². The van der Waals surface area contributed by atoms with Crippen molar-refractivity contribution >= 4 is 5.95 Å². The summed E-state index contributed by atoms with van der Waals surface area (Å²) in [5.41, 5.74) is 1.11. The molecule has 0 atom stereocenters. The highest BCUT2D eigenvalue weighted by molar-refractivity contribution is 5.28. The highest BCUT2D eigenvalue weighted by Crippen LogP contribution is 2.12.